The van der Waals surface area contributed by atoms with Crippen molar-refractivity contribution in [1.82, 2.24) is 14.5 Å². The maximum absolute atomic E-state index is 6.81. The number of aromatic nitrogens is 3. The molecule has 0 amide bonds. The van der Waals surface area contributed by atoms with Gasteiger partial charge in [-0.1, -0.05) is 72.8 Å². The molecule has 0 spiro atoms. The van der Waals surface area contributed by atoms with Crippen molar-refractivity contribution in [3.63, 3.8) is 0 Å². The highest BCUT2D eigenvalue weighted by Gasteiger charge is 2.41. The molecular formula is C48H32BN3O2. The van der Waals surface area contributed by atoms with Gasteiger partial charge in [-0.05, 0) is 132 Å². The van der Waals surface area contributed by atoms with E-state index in [4.69, 9.17) is 19.4 Å². The van der Waals surface area contributed by atoms with Crippen LogP contribution >= 0.6 is 0 Å². The minimum Gasteiger partial charge on any atom is -0.458 e. The molecular weight excluding hydrogens is 661 g/mol. The van der Waals surface area contributed by atoms with E-state index < -0.39 is 0 Å². The molecule has 0 unspecified atom stereocenters. The number of hydrogen-bond acceptors (Lipinski definition) is 4. The number of nitrogens with zero attached hydrogens (tertiary/aromatic N) is 3. The SMILES string of the molecule is Cc1cccc(-c2ccc3c(c2)B2c4cc(-c5cccc(C)n5)ccc4Oc4cc(-c5ccc(-n6c7ccccc7c7ccccc76)cc5)cc(c42)O3)n1. The van der Waals surface area contributed by atoms with Crippen molar-refractivity contribution in [3.05, 3.63) is 169 Å². The lowest BCUT2D eigenvalue weighted by Gasteiger charge is -2.34. The monoisotopic (exact) mass is 693 g/mol. The summed E-state index contributed by atoms with van der Waals surface area (Å²) in [7, 11) is 0. The fourth-order valence-electron chi connectivity index (χ4n) is 8.40. The number of ether oxygens (including phenoxy) is 2. The summed E-state index contributed by atoms with van der Waals surface area (Å²) in [5.74, 6) is 3.27. The summed E-state index contributed by atoms with van der Waals surface area (Å²) in [5.41, 5.74) is 14.8. The normalized spacial score (nSPS) is 12.5. The van der Waals surface area contributed by atoms with Crippen molar-refractivity contribution < 1.29 is 9.47 Å². The quantitative estimate of drug-likeness (QED) is 0.172. The standard InChI is InChI=1S/C48H32BN3O2/c1-29-9-7-13-40(50-29)32-19-23-44-38(25-32)49-39-26-33(41-14-8-10-30(2)51-41)20-24-45(39)54-47-28-34(27-46(53-44)48(47)49)31-17-21-35(22-18-31)52-42-15-5-3-11-36(42)37-12-4-6-16-43(37)52/h3-28H,1-2H3. The van der Waals surface area contributed by atoms with Gasteiger partial charge in [-0.25, -0.2) is 0 Å². The van der Waals surface area contributed by atoms with Crippen LogP contribution in [0.4, 0.5) is 0 Å². The number of fused-ring (bicyclic) bond motifs is 7. The van der Waals surface area contributed by atoms with Crippen LogP contribution in [0.25, 0.3) is 61.1 Å². The van der Waals surface area contributed by atoms with Crippen LogP contribution in [-0.2, 0) is 0 Å². The van der Waals surface area contributed by atoms with Crippen LogP contribution in [0, 0.1) is 13.8 Å². The summed E-state index contributed by atoms with van der Waals surface area (Å²) < 4.78 is 16.0. The van der Waals surface area contributed by atoms with Gasteiger partial charge in [-0.2, -0.15) is 0 Å². The Morgan fingerprint density at radius 3 is 1.46 bits per heavy atom. The second-order valence-electron chi connectivity index (χ2n) is 14.3. The maximum atomic E-state index is 6.81. The number of rotatable bonds is 4. The van der Waals surface area contributed by atoms with Gasteiger partial charge in [0.2, 0.25) is 0 Å². The van der Waals surface area contributed by atoms with Gasteiger partial charge in [-0.3, -0.25) is 9.97 Å². The molecule has 0 saturated carbocycles. The van der Waals surface area contributed by atoms with Gasteiger partial charge in [0.05, 0.1) is 22.4 Å². The average molecular weight is 694 g/mol. The van der Waals surface area contributed by atoms with Gasteiger partial charge < -0.3 is 14.0 Å². The number of hydrogen-bond donors (Lipinski definition) is 0. The molecule has 5 heterocycles. The molecule has 0 N–H and O–H groups in total. The predicted octanol–water partition coefficient (Wildman–Crippen LogP) is 9.92. The zero-order valence-electron chi connectivity index (χ0n) is 29.7. The van der Waals surface area contributed by atoms with Gasteiger partial charge in [0.25, 0.3) is 6.71 Å². The Kier molecular flexibility index (Phi) is 6.71. The molecule has 6 aromatic carbocycles. The topological polar surface area (TPSA) is 49.2 Å². The fraction of sp³-hybridized carbons (Fsp3) is 0.0417. The van der Waals surface area contributed by atoms with Crippen molar-refractivity contribution in [3.8, 4) is 62.3 Å². The molecule has 0 aliphatic carbocycles. The molecule has 2 aliphatic rings. The van der Waals surface area contributed by atoms with E-state index in [0.717, 1.165) is 90.1 Å². The molecule has 11 rings (SSSR count). The van der Waals surface area contributed by atoms with Crippen molar-refractivity contribution in [2.24, 2.45) is 0 Å². The summed E-state index contributed by atoms with van der Waals surface area (Å²) in [4.78, 5) is 9.69. The van der Waals surface area contributed by atoms with E-state index in [1.165, 1.54) is 21.8 Å². The lowest BCUT2D eigenvalue weighted by Crippen LogP contribution is -2.57. The molecule has 5 nitrogen and oxygen atoms in total. The lowest BCUT2D eigenvalue weighted by molar-refractivity contribution is 0.465. The van der Waals surface area contributed by atoms with Gasteiger partial charge in [-0.15, -0.1) is 0 Å². The molecule has 3 aromatic heterocycles. The first kappa shape index (κ1) is 30.7. The highest BCUT2D eigenvalue weighted by atomic mass is 16.5. The van der Waals surface area contributed by atoms with Crippen LogP contribution in [0.1, 0.15) is 11.4 Å². The van der Waals surface area contributed by atoms with Crippen molar-refractivity contribution in [2.45, 2.75) is 13.8 Å². The van der Waals surface area contributed by atoms with Gasteiger partial charge in [0.15, 0.2) is 0 Å². The number of aryl methyl sites for hydroxylation is 2. The van der Waals surface area contributed by atoms with E-state index >= 15 is 0 Å². The fourth-order valence-corrected chi connectivity index (χ4v) is 8.40. The van der Waals surface area contributed by atoms with E-state index in [0.29, 0.717) is 0 Å². The molecule has 0 saturated heterocycles. The second-order valence-corrected chi connectivity index (χ2v) is 14.3. The maximum Gasteiger partial charge on any atom is 0.260 e. The van der Waals surface area contributed by atoms with Crippen LogP contribution < -0.4 is 25.9 Å². The Hall–Kier alpha value is -6.92. The molecule has 0 fully saturated rings. The third kappa shape index (κ3) is 4.80. The molecule has 54 heavy (non-hydrogen) atoms. The summed E-state index contributed by atoms with van der Waals surface area (Å²) in [6.45, 7) is 3.95. The third-order valence-electron chi connectivity index (χ3n) is 10.9. The summed E-state index contributed by atoms with van der Waals surface area (Å²) >= 11 is 0. The van der Waals surface area contributed by atoms with E-state index in [9.17, 15) is 0 Å². The highest BCUT2D eigenvalue weighted by Crippen LogP contribution is 2.40. The Morgan fingerprint density at radius 1 is 0.444 bits per heavy atom. The molecule has 9 aromatic rings. The Balaban J connectivity index is 1.05. The largest absolute Gasteiger partial charge is 0.458 e. The second kappa shape index (κ2) is 11.8. The predicted molar refractivity (Wildman–Crippen MR) is 220 cm³/mol. The smallest absolute Gasteiger partial charge is 0.260 e. The minimum atomic E-state index is -0.108. The van der Waals surface area contributed by atoms with Crippen LogP contribution in [0.15, 0.2) is 158 Å². The Bertz CT molecular complexity index is 2810. The van der Waals surface area contributed by atoms with Crippen molar-refractivity contribution >= 4 is 44.9 Å². The van der Waals surface area contributed by atoms with Gasteiger partial charge >= 0.3 is 0 Å². The molecule has 0 radical (unpaired) electrons. The van der Waals surface area contributed by atoms with Crippen LogP contribution in [-0.4, -0.2) is 21.2 Å². The first-order valence-corrected chi connectivity index (χ1v) is 18.3. The average Bonchev–Trinajstić information content (AvgIpc) is 3.55. The van der Waals surface area contributed by atoms with Gasteiger partial charge in [0.1, 0.15) is 23.0 Å². The van der Waals surface area contributed by atoms with Crippen LogP contribution in [0.3, 0.4) is 0 Å². The first-order chi connectivity index (χ1) is 26.6. The molecule has 0 atom stereocenters. The summed E-state index contributed by atoms with van der Waals surface area (Å²) in [6, 6.07) is 55.5. The highest BCUT2D eigenvalue weighted by molar-refractivity contribution is 6.98. The summed E-state index contributed by atoms with van der Waals surface area (Å²) in [6.07, 6.45) is 0. The number of para-hydroxylation sites is 2. The van der Waals surface area contributed by atoms with Crippen molar-refractivity contribution in [2.75, 3.05) is 0 Å². The Morgan fingerprint density at radius 2 is 0.944 bits per heavy atom. The first-order valence-electron chi connectivity index (χ1n) is 18.3. The van der Waals surface area contributed by atoms with E-state index in [1.54, 1.807) is 0 Å². The van der Waals surface area contributed by atoms with E-state index in [1.807, 2.05) is 26.0 Å². The third-order valence-corrected chi connectivity index (χ3v) is 10.9. The van der Waals surface area contributed by atoms with E-state index in [2.05, 4.69) is 150 Å². The molecule has 6 heteroatoms. The number of benzene rings is 6. The summed E-state index contributed by atoms with van der Waals surface area (Å²) in [5, 5.41) is 2.50. The molecule has 0 bridgehead atoms. The molecule has 2 aliphatic heterocycles. The van der Waals surface area contributed by atoms with Gasteiger partial charge in [0, 0.05) is 33.3 Å². The Labute approximate surface area is 313 Å². The minimum absolute atomic E-state index is 0.108. The lowest BCUT2D eigenvalue weighted by atomic mass is 9.34. The zero-order chi connectivity index (χ0) is 35.9. The van der Waals surface area contributed by atoms with E-state index in [-0.39, 0.29) is 6.71 Å². The van der Waals surface area contributed by atoms with Crippen LogP contribution in [0.5, 0.6) is 23.0 Å². The van der Waals surface area contributed by atoms with Crippen molar-refractivity contribution in [1.29, 1.82) is 0 Å². The van der Waals surface area contributed by atoms with Crippen LogP contribution in [0.2, 0.25) is 0 Å². The zero-order valence-corrected chi connectivity index (χ0v) is 29.7. The molecule has 254 valence electrons. The number of pyridine rings is 2.